The molecule has 0 aliphatic carbocycles. The molecule has 162 valence electrons. The Morgan fingerprint density at radius 1 is 1.03 bits per heavy atom. The van der Waals surface area contributed by atoms with Crippen LogP contribution in [0.25, 0.3) is 0 Å². The van der Waals surface area contributed by atoms with Gasteiger partial charge in [0.1, 0.15) is 10.7 Å². The van der Waals surface area contributed by atoms with Gasteiger partial charge in [0.25, 0.3) is 10.0 Å². The SMILES string of the molecule is O=S(=O)(c1ccccc1F)N1CCSc2ccc(NCCCN3CCCCC3)cc21. The van der Waals surface area contributed by atoms with Gasteiger partial charge in [-0.1, -0.05) is 18.6 Å². The van der Waals surface area contributed by atoms with Gasteiger partial charge in [-0.15, -0.1) is 11.8 Å². The fourth-order valence-electron chi connectivity index (χ4n) is 4.04. The van der Waals surface area contributed by atoms with E-state index in [-0.39, 0.29) is 4.90 Å². The number of fused-ring (bicyclic) bond motifs is 1. The van der Waals surface area contributed by atoms with Crippen LogP contribution in [0, 0.1) is 5.82 Å². The first-order chi connectivity index (χ1) is 14.6. The summed E-state index contributed by atoms with van der Waals surface area (Å²) in [6.07, 6.45) is 4.97. The molecule has 0 unspecified atom stereocenters. The minimum Gasteiger partial charge on any atom is -0.385 e. The van der Waals surface area contributed by atoms with Crippen molar-refractivity contribution >= 4 is 33.2 Å². The van der Waals surface area contributed by atoms with Crippen molar-refractivity contribution in [2.75, 3.05) is 48.1 Å². The minimum absolute atomic E-state index is 0.275. The predicted molar refractivity (Wildman–Crippen MR) is 121 cm³/mol. The van der Waals surface area contributed by atoms with Gasteiger partial charge in [0.05, 0.1) is 5.69 Å². The summed E-state index contributed by atoms with van der Waals surface area (Å²) in [5.41, 5.74) is 1.51. The molecule has 1 N–H and O–H groups in total. The normalized spacial score (nSPS) is 17.6. The van der Waals surface area contributed by atoms with Crippen LogP contribution in [0.1, 0.15) is 25.7 Å². The van der Waals surface area contributed by atoms with Gasteiger partial charge in [0.15, 0.2) is 0 Å². The predicted octanol–water partition coefficient (Wildman–Crippen LogP) is 4.41. The third-order valence-corrected chi connectivity index (χ3v) is 8.50. The Morgan fingerprint density at radius 3 is 2.63 bits per heavy atom. The number of sulfonamides is 1. The van der Waals surface area contributed by atoms with Crippen LogP contribution < -0.4 is 9.62 Å². The van der Waals surface area contributed by atoms with Gasteiger partial charge in [-0.05, 0) is 69.2 Å². The molecule has 0 radical (unpaired) electrons. The number of halogens is 1. The van der Waals surface area contributed by atoms with Crippen molar-refractivity contribution in [2.24, 2.45) is 0 Å². The van der Waals surface area contributed by atoms with Gasteiger partial charge in [-0.25, -0.2) is 12.8 Å². The number of likely N-dealkylation sites (tertiary alicyclic amines) is 1. The molecule has 0 saturated carbocycles. The summed E-state index contributed by atoms with van der Waals surface area (Å²) in [5, 5.41) is 3.43. The Bertz CT molecular complexity index is 978. The highest BCUT2D eigenvalue weighted by Gasteiger charge is 2.31. The second kappa shape index (κ2) is 9.58. The van der Waals surface area contributed by atoms with Gasteiger partial charge < -0.3 is 10.2 Å². The number of hydrogen-bond acceptors (Lipinski definition) is 5. The Kier molecular flexibility index (Phi) is 6.85. The molecular formula is C22H28FN3O2S2. The van der Waals surface area contributed by atoms with Crippen molar-refractivity contribution in [1.29, 1.82) is 0 Å². The summed E-state index contributed by atoms with van der Waals surface area (Å²) in [6.45, 7) is 4.63. The third-order valence-electron chi connectivity index (χ3n) is 5.61. The summed E-state index contributed by atoms with van der Waals surface area (Å²) >= 11 is 1.63. The highest BCUT2D eigenvalue weighted by Crippen LogP contribution is 2.39. The van der Waals surface area contributed by atoms with Gasteiger partial charge in [0.2, 0.25) is 0 Å². The maximum atomic E-state index is 14.2. The lowest BCUT2D eigenvalue weighted by Crippen LogP contribution is -2.36. The molecule has 2 aromatic rings. The van der Waals surface area contributed by atoms with E-state index in [4.69, 9.17) is 0 Å². The molecule has 30 heavy (non-hydrogen) atoms. The standard InChI is InChI=1S/C22H28FN3O2S2/c23-19-7-2-3-8-22(19)30(27,28)26-15-16-29-21-10-9-18(17-20(21)26)24-11-6-14-25-12-4-1-5-13-25/h2-3,7-10,17,24H,1,4-6,11-16H2. The zero-order chi connectivity index (χ0) is 21.0. The summed E-state index contributed by atoms with van der Waals surface area (Å²) in [7, 11) is -3.95. The molecule has 1 saturated heterocycles. The first-order valence-corrected chi connectivity index (χ1v) is 13.0. The van der Waals surface area contributed by atoms with Crippen LogP contribution in [-0.2, 0) is 10.0 Å². The van der Waals surface area contributed by atoms with Crippen LogP contribution >= 0.6 is 11.8 Å². The number of anilines is 2. The molecule has 0 spiro atoms. The lowest BCUT2D eigenvalue weighted by Gasteiger charge is -2.30. The maximum absolute atomic E-state index is 14.2. The summed E-state index contributed by atoms with van der Waals surface area (Å²) in [4.78, 5) is 3.14. The smallest absolute Gasteiger partial charge is 0.267 e. The van der Waals surface area contributed by atoms with Gasteiger partial charge in [-0.3, -0.25) is 4.31 Å². The van der Waals surface area contributed by atoms with Crippen molar-refractivity contribution < 1.29 is 12.8 Å². The van der Waals surface area contributed by atoms with E-state index >= 15 is 0 Å². The molecule has 0 bridgehead atoms. The van der Waals surface area contributed by atoms with E-state index in [9.17, 15) is 12.8 Å². The summed E-state index contributed by atoms with van der Waals surface area (Å²) in [6, 6.07) is 11.4. The Morgan fingerprint density at radius 2 is 1.83 bits per heavy atom. The maximum Gasteiger partial charge on any atom is 0.267 e. The van der Waals surface area contributed by atoms with Crippen LogP contribution in [-0.4, -0.2) is 51.8 Å². The Labute approximate surface area is 182 Å². The van der Waals surface area contributed by atoms with Gasteiger partial charge in [-0.2, -0.15) is 0 Å². The van der Waals surface area contributed by atoms with Crippen LogP contribution in [0.3, 0.4) is 0 Å². The first kappa shape index (κ1) is 21.5. The number of nitrogens with zero attached hydrogens (tertiary/aromatic N) is 2. The Balaban J connectivity index is 1.47. The van der Waals surface area contributed by atoms with Crippen molar-refractivity contribution in [3.8, 4) is 0 Å². The van der Waals surface area contributed by atoms with Crippen molar-refractivity contribution in [2.45, 2.75) is 35.5 Å². The lowest BCUT2D eigenvalue weighted by atomic mass is 10.1. The van der Waals surface area contributed by atoms with E-state index in [1.54, 1.807) is 17.8 Å². The van der Waals surface area contributed by atoms with E-state index in [1.807, 2.05) is 18.2 Å². The van der Waals surface area contributed by atoms with E-state index in [0.717, 1.165) is 30.1 Å². The topological polar surface area (TPSA) is 52.7 Å². The molecule has 2 aromatic carbocycles. The van der Waals surface area contributed by atoms with Crippen molar-refractivity contribution in [1.82, 2.24) is 4.90 Å². The molecule has 2 aliphatic rings. The second-order valence-electron chi connectivity index (χ2n) is 7.72. The van der Waals surface area contributed by atoms with E-state index < -0.39 is 15.8 Å². The van der Waals surface area contributed by atoms with Crippen molar-refractivity contribution in [3.63, 3.8) is 0 Å². The summed E-state index contributed by atoms with van der Waals surface area (Å²) in [5.74, 6) is -0.0761. The molecule has 2 heterocycles. The number of rotatable bonds is 7. The number of nitrogens with one attached hydrogen (secondary N) is 1. The fraction of sp³-hybridized carbons (Fsp3) is 0.455. The highest BCUT2D eigenvalue weighted by atomic mass is 32.2. The van der Waals surface area contributed by atoms with Crippen LogP contribution in [0.15, 0.2) is 52.3 Å². The zero-order valence-electron chi connectivity index (χ0n) is 17.0. The number of thioether (sulfide) groups is 1. The van der Waals surface area contributed by atoms with E-state index in [1.165, 1.54) is 54.9 Å². The zero-order valence-corrected chi connectivity index (χ0v) is 18.7. The largest absolute Gasteiger partial charge is 0.385 e. The molecule has 8 heteroatoms. The molecule has 2 aliphatic heterocycles. The van der Waals surface area contributed by atoms with Crippen molar-refractivity contribution in [3.05, 3.63) is 48.3 Å². The monoisotopic (exact) mass is 449 g/mol. The van der Waals surface area contributed by atoms with Crippen LogP contribution in [0.4, 0.5) is 15.8 Å². The molecule has 5 nitrogen and oxygen atoms in total. The highest BCUT2D eigenvalue weighted by molar-refractivity contribution is 8.00. The molecule has 0 aromatic heterocycles. The number of piperidine rings is 1. The molecule has 0 amide bonds. The fourth-order valence-corrected chi connectivity index (χ4v) is 6.74. The lowest BCUT2D eigenvalue weighted by molar-refractivity contribution is 0.228. The van der Waals surface area contributed by atoms with Gasteiger partial charge >= 0.3 is 0 Å². The minimum atomic E-state index is -3.95. The Hall–Kier alpha value is -1.77. The third kappa shape index (κ3) is 4.76. The van der Waals surface area contributed by atoms with Gasteiger partial charge in [0, 0.05) is 29.4 Å². The second-order valence-corrected chi connectivity index (χ2v) is 10.7. The molecule has 4 rings (SSSR count). The first-order valence-electron chi connectivity index (χ1n) is 10.6. The van der Waals surface area contributed by atoms with E-state index in [2.05, 4.69) is 10.2 Å². The average molecular weight is 450 g/mol. The number of benzene rings is 2. The van der Waals surface area contributed by atoms with Crippen LogP contribution in [0.2, 0.25) is 0 Å². The molecule has 1 fully saturated rings. The van der Waals surface area contributed by atoms with E-state index in [0.29, 0.717) is 18.0 Å². The summed E-state index contributed by atoms with van der Waals surface area (Å²) < 4.78 is 41.9. The quantitative estimate of drug-likeness (QED) is 0.635. The molecule has 0 atom stereocenters. The average Bonchev–Trinajstić information content (AvgIpc) is 2.77. The van der Waals surface area contributed by atoms with Crippen LogP contribution in [0.5, 0.6) is 0 Å². The molecular weight excluding hydrogens is 421 g/mol. The number of hydrogen-bond donors (Lipinski definition) is 1.